The maximum absolute atomic E-state index is 12.0. The average molecular weight is 337 g/mol. The molecule has 0 aliphatic carbocycles. The van der Waals surface area contributed by atoms with Crippen molar-refractivity contribution >= 4 is 11.7 Å². The van der Waals surface area contributed by atoms with Crippen LogP contribution in [0.5, 0.6) is 11.5 Å². The van der Waals surface area contributed by atoms with Crippen LogP contribution in [0.25, 0.3) is 0 Å². The van der Waals surface area contributed by atoms with Crippen LogP contribution in [-0.4, -0.2) is 62.5 Å². The first kappa shape index (κ1) is 18.4. The number of hydrogen-bond donors (Lipinski definition) is 3. The minimum atomic E-state index is -0.575. The van der Waals surface area contributed by atoms with Gasteiger partial charge in [0.2, 0.25) is 0 Å². The number of anilines is 1. The highest BCUT2D eigenvalue weighted by Crippen LogP contribution is 2.25. The summed E-state index contributed by atoms with van der Waals surface area (Å²) >= 11 is 0. The van der Waals surface area contributed by atoms with E-state index < -0.39 is 6.10 Å². The van der Waals surface area contributed by atoms with Gasteiger partial charge in [0, 0.05) is 37.0 Å². The number of nitrogens with one attached hydrogen (secondary N) is 2. The van der Waals surface area contributed by atoms with E-state index in [4.69, 9.17) is 9.47 Å². The van der Waals surface area contributed by atoms with E-state index in [1.165, 1.54) is 19.3 Å². The van der Waals surface area contributed by atoms with Gasteiger partial charge in [-0.05, 0) is 25.9 Å². The molecule has 0 bridgehead atoms. The van der Waals surface area contributed by atoms with Crippen molar-refractivity contribution in [2.75, 3.05) is 45.7 Å². The number of ether oxygens (including phenoxy) is 2. The van der Waals surface area contributed by atoms with E-state index in [1.54, 1.807) is 32.4 Å². The number of carbonyl (C=O) groups excluding carboxylic acids is 1. The van der Waals surface area contributed by atoms with Crippen LogP contribution in [0.4, 0.5) is 10.5 Å². The van der Waals surface area contributed by atoms with Gasteiger partial charge in [-0.15, -0.1) is 0 Å². The molecule has 3 N–H and O–H groups in total. The van der Waals surface area contributed by atoms with Gasteiger partial charge in [-0.2, -0.15) is 0 Å². The normalized spacial score (nSPS) is 16.3. The number of rotatable bonds is 7. The second kappa shape index (κ2) is 9.34. The number of piperidine rings is 1. The van der Waals surface area contributed by atoms with Crippen LogP contribution >= 0.6 is 0 Å². The van der Waals surface area contributed by atoms with Crippen molar-refractivity contribution in [3.63, 3.8) is 0 Å². The second-order valence-corrected chi connectivity index (χ2v) is 5.95. The van der Waals surface area contributed by atoms with Gasteiger partial charge in [-0.3, -0.25) is 0 Å². The molecular weight excluding hydrogens is 310 g/mol. The Morgan fingerprint density at radius 2 is 1.79 bits per heavy atom. The van der Waals surface area contributed by atoms with Crippen molar-refractivity contribution in [2.24, 2.45) is 0 Å². The summed E-state index contributed by atoms with van der Waals surface area (Å²) < 4.78 is 10.3. The summed E-state index contributed by atoms with van der Waals surface area (Å²) in [6.45, 7) is 2.84. The van der Waals surface area contributed by atoms with Crippen LogP contribution in [0.15, 0.2) is 18.2 Å². The maximum atomic E-state index is 12.0. The molecule has 1 aromatic rings. The monoisotopic (exact) mass is 337 g/mol. The van der Waals surface area contributed by atoms with E-state index in [-0.39, 0.29) is 12.6 Å². The third-order valence-electron chi connectivity index (χ3n) is 4.03. The molecule has 1 atom stereocenters. The van der Waals surface area contributed by atoms with Gasteiger partial charge in [-0.25, -0.2) is 4.79 Å². The van der Waals surface area contributed by atoms with Gasteiger partial charge in [0.15, 0.2) is 0 Å². The highest BCUT2D eigenvalue weighted by molar-refractivity contribution is 5.89. The molecule has 7 heteroatoms. The quantitative estimate of drug-likeness (QED) is 0.705. The maximum Gasteiger partial charge on any atom is 0.319 e. The zero-order valence-corrected chi connectivity index (χ0v) is 14.4. The molecule has 0 saturated carbocycles. The molecule has 2 amide bonds. The van der Waals surface area contributed by atoms with Gasteiger partial charge < -0.3 is 30.1 Å². The first-order chi connectivity index (χ1) is 11.6. The lowest BCUT2D eigenvalue weighted by atomic mass is 10.1. The Hall–Kier alpha value is -1.99. The molecule has 2 rings (SSSR count). The predicted octanol–water partition coefficient (Wildman–Crippen LogP) is 1.67. The molecule has 1 heterocycles. The fraction of sp³-hybridized carbons (Fsp3) is 0.588. The minimum Gasteiger partial charge on any atom is -0.497 e. The van der Waals surface area contributed by atoms with E-state index in [0.29, 0.717) is 23.7 Å². The fourth-order valence-corrected chi connectivity index (χ4v) is 2.77. The number of urea groups is 1. The zero-order valence-electron chi connectivity index (χ0n) is 14.4. The highest BCUT2D eigenvalue weighted by Gasteiger charge is 2.15. The topological polar surface area (TPSA) is 83.1 Å². The number of nitrogens with zero attached hydrogens (tertiary/aromatic N) is 1. The Morgan fingerprint density at radius 1 is 1.17 bits per heavy atom. The standard InChI is InChI=1S/C17H27N3O4/c1-23-15-8-13(9-16(10-15)24-2)19-17(22)18-11-14(21)12-20-6-4-3-5-7-20/h8-10,14,21H,3-7,11-12H2,1-2H3,(H2,18,19,22)/t14-/m1/s1. The number of methoxy groups -OCH3 is 2. The van der Waals surface area contributed by atoms with Crippen LogP contribution < -0.4 is 20.1 Å². The third kappa shape index (κ3) is 5.90. The van der Waals surface area contributed by atoms with Gasteiger partial charge in [0.25, 0.3) is 0 Å². The van der Waals surface area contributed by atoms with Gasteiger partial charge in [0.1, 0.15) is 11.5 Å². The first-order valence-electron chi connectivity index (χ1n) is 8.29. The molecule has 7 nitrogen and oxygen atoms in total. The molecule has 0 aromatic heterocycles. The number of carbonyl (C=O) groups is 1. The van der Waals surface area contributed by atoms with Crippen LogP contribution in [0.3, 0.4) is 0 Å². The summed E-state index contributed by atoms with van der Waals surface area (Å²) in [5.41, 5.74) is 0.564. The summed E-state index contributed by atoms with van der Waals surface area (Å²) in [7, 11) is 3.10. The minimum absolute atomic E-state index is 0.212. The summed E-state index contributed by atoms with van der Waals surface area (Å²) in [4.78, 5) is 14.2. The molecular formula is C17H27N3O4. The van der Waals surface area contributed by atoms with E-state index >= 15 is 0 Å². The molecule has 24 heavy (non-hydrogen) atoms. The number of benzene rings is 1. The molecule has 1 aromatic carbocycles. The smallest absolute Gasteiger partial charge is 0.319 e. The van der Waals surface area contributed by atoms with Crippen LogP contribution in [0.1, 0.15) is 19.3 Å². The van der Waals surface area contributed by atoms with Crippen LogP contribution in [-0.2, 0) is 0 Å². The lowest BCUT2D eigenvalue weighted by Gasteiger charge is -2.28. The Kier molecular flexibility index (Phi) is 7.14. The van der Waals surface area contributed by atoms with Crippen molar-refractivity contribution < 1.29 is 19.4 Å². The van der Waals surface area contributed by atoms with Crippen LogP contribution in [0, 0.1) is 0 Å². The number of β-amino-alcohol motifs (C(OH)–C–C–N with tert-alkyl or cyclic N) is 1. The van der Waals surface area contributed by atoms with Crippen molar-refractivity contribution in [2.45, 2.75) is 25.4 Å². The van der Waals surface area contributed by atoms with E-state index in [9.17, 15) is 9.90 Å². The van der Waals surface area contributed by atoms with Crippen molar-refractivity contribution in [1.82, 2.24) is 10.2 Å². The number of hydrogen-bond acceptors (Lipinski definition) is 5. The van der Waals surface area contributed by atoms with E-state index in [1.807, 2.05) is 0 Å². The Morgan fingerprint density at radius 3 is 2.38 bits per heavy atom. The Labute approximate surface area is 142 Å². The first-order valence-corrected chi connectivity index (χ1v) is 8.29. The van der Waals surface area contributed by atoms with Crippen LogP contribution in [0.2, 0.25) is 0 Å². The lowest BCUT2D eigenvalue weighted by Crippen LogP contribution is -2.42. The molecule has 134 valence electrons. The molecule has 1 aliphatic heterocycles. The Bertz CT molecular complexity index is 510. The van der Waals surface area contributed by atoms with Gasteiger partial charge >= 0.3 is 6.03 Å². The summed E-state index contributed by atoms with van der Waals surface area (Å²) in [5.74, 6) is 1.18. The largest absolute Gasteiger partial charge is 0.497 e. The fourth-order valence-electron chi connectivity index (χ4n) is 2.77. The SMILES string of the molecule is COc1cc(NC(=O)NC[C@@H](O)CN2CCCCC2)cc(OC)c1. The van der Waals surface area contributed by atoms with Crippen molar-refractivity contribution in [3.05, 3.63) is 18.2 Å². The summed E-state index contributed by atoms with van der Waals surface area (Å²) in [6, 6.07) is 4.76. The third-order valence-corrected chi connectivity index (χ3v) is 4.03. The molecule has 0 spiro atoms. The molecule has 0 radical (unpaired) electrons. The van der Waals surface area contributed by atoms with E-state index in [2.05, 4.69) is 15.5 Å². The summed E-state index contributed by atoms with van der Waals surface area (Å²) in [6.07, 6.45) is 3.04. The number of aliphatic hydroxyl groups excluding tert-OH is 1. The van der Waals surface area contributed by atoms with Crippen molar-refractivity contribution in [1.29, 1.82) is 0 Å². The zero-order chi connectivity index (χ0) is 17.4. The molecule has 1 fully saturated rings. The predicted molar refractivity (Wildman–Crippen MR) is 92.9 cm³/mol. The molecule has 1 aliphatic rings. The van der Waals surface area contributed by atoms with Crippen molar-refractivity contribution in [3.8, 4) is 11.5 Å². The second-order valence-electron chi connectivity index (χ2n) is 5.95. The average Bonchev–Trinajstić information content (AvgIpc) is 2.60. The number of likely N-dealkylation sites (tertiary alicyclic amines) is 1. The highest BCUT2D eigenvalue weighted by atomic mass is 16.5. The van der Waals surface area contributed by atoms with E-state index in [0.717, 1.165) is 13.1 Å². The number of aliphatic hydroxyl groups is 1. The summed E-state index contributed by atoms with van der Waals surface area (Å²) in [5, 5.41) is 15.5. The Balaban J connectivity index is 1.78. The molecule has 0 unspecified atom stereocenters. The lowest BCUT2D eigenvalue weighted by molar-refractivity contribution is 0.102. The van der Waals surface area contributed by atoms with Gasteiger partial charge in [0.05, 0.1) is 20.3 Å². The van der Waals surface area contributed by atoms with Gasteiger partial charge in [-0.1, -0.05) is 6.42 Å². The molecule has 1 saturated heterocycles. The number of amides is 2.